The van der Waals surface area contributed by atoms with E-state index in [1.54, 1.807) is 0 Å². The summed E-state index contributed by atoms with van der Waals surface area (Å²) in [7, 11) is 0. The number of nitrogens with two attached hydrogens (primary N) is 1. The Morgan fingerprint density at radius 1 is 0.455 bits per heavy atom. The molecule has 1 heteroatoms. The largest absolute Gasteiger partial charge is 0.328 e. The lowest BCUT2D eigenvalue weighted by molar-refractivity contribution is 0.492. The maximum Gasteiger partial charge on any atom is 0.00388 e. The highest BCUT2D eigenvalue weighted by Gasteiger charge is 2.01. The van der Waals surface area contributed by atoms with Gasteiger partial charge in [-0.05, 0) is 12.8 Å². The third-order valence-corrected chi connectivity index (χ3v) is 4.86. The van der Waals surface area contributed by atoms with Crippen LogP contribution in [-0.4, -0.2) is 6.04 Å². The molecule has 0 bridgehead atoms. The highest BCUT2D eigenvalue weighted by molar-refractivity contribution is 4.61. The van der Waals surface area contributed by atoms with E-state index in [-0.39, 0.29) is 0 Å². The van der Waals surface area contributed by atoms with Crippen LogP contribution in [0.2, 0.25) is 0 Å². The molecule has 0 aliphatic carbocycles. The quantitative estimate of drug-likeness (QED) is 0.263. The number of hydrogen-bond acceptors (Lipinski definition) is 1. The van der Waals surface area contributed by atoms with Gasteiger partial charge in [0.2, 0.25) is 0 Å². The minimum absolute atomic E-state index is 0.470. The van der Waals surface area contributed by atoms with E-state index in [2.05, 4.69) is 13.8 Å². The lowest BCUT2D eigenvalue weighted by atomic mass is 10.0. The Hall–Kier alpha value is -0.0400. The van der Waals surface area contributed by atoms with Crippen LogP contribution in [-0.2, 0) is 0 Å². The Morgan fingerprint density at radius 2 is 0.773 bits per heavy atom. The summed E-state index contributed by atoms with van der Waals surface area (Å²) >= 11 is 0. The normalized spacial score (nSPS) is 12.7. The van der Waals surface area contributed by atoms with Gasteiger partial charge in [-0.2, -0.15) is 0 Å². The van der Waals surface area contributed by atoms with Crippen LogP contribution in [0.5, 0.6) is 0 Å². The third kappa shape index (κ3) is 18.0. The lowest BCUT2D eigenvalue weighted by Crippen LogP contribution is -2.19. The molecule has 0 amide bonds. The van der Waals surface area contributed by atoms with Gasteiger partial charge in [0.25, 0.3) is 0 Å². The zero-order valence-electron chi connectivity index (χ0n) is 15.9. The molecule has 0 aromatic rings. The van der Waals surface area contributed by atoms with Crippen LogP contribution in [0.15, 0.2) is 0 Å². The average molecular weight is 312 g/mol. The van der Waals surface area contributed by atoms with Crippen molar-refractivity contribution in [3.05, 3.63) is 0 Å². The highest BCUT2D eigenvalue weighted by Crippen LogP contribution is 2.14. The second kappa shape index (κ2) is 19.0. The van der Waals surface area contributed by atoms with Crippen LogP contribution in [0.1, 0.15) is 129 Å². The summed E-state index contributed by atoms with van der Waals surface area (Å²) in [6, 6.07) is 0.470. The van der Waals surface area contributed by atoms with Crippen molar-refractivity contribution in [1.29, 1.82) is 0 Å². The first-order valence-corrected chi connectivity index (χ1v) is 10.6. The van der Waals surface area contributed by atoms with E-state index in [1.165, 1.54) is 116 Å². The molecule has 0 aromatic heterocycles. The maximum atomic E-state index is 6.11. The zero-order chi connectivity index (χ0) is 16.3. The summed E-state index contributed by atoms with van der Waals surface area (Å²) in [6.07, 6.45) is 25.2. The maximum absolute atomic E-state index is 6.11. The minimum atomic E-state index is 0.470. The molecule has 0 heterocycles. The number of rotatable bonds is 18. The molecule has 0 aliphatic rings. The van der Waals surface area contributed by atoms with E-state index in [4.69, 9.17) is 5.73 Å². The van der Waals surface area contributed by atoms with Crippen molar-refractivity contribution in [3.63, 3.8) is 0 Å². The van der Waals surface area contributed by atoms with Crippen molar-refractivity contribution in [2.75, 3.05) is 0 Å². The molecule has 1 unspecified atom stereocenters. The standard InChI is InChI=1S/C21H45N/c1-3-5-7-8-9-10-11-12-13-14-15-16-17-18-20-21(22)19-6-4-2/h21H,3-20,22H2,1-2H3. The Labute approximate surface area is 141 Å². The zero-order valence-corrected chi connectivity index (χ0v) is 15.9. The molecule has 2 N–H and O–H groups in total. The molecule has 0 saturated carbocycles. The molecule has 1 nitrogen and oxygen atoms in total. The van der Waals surface area contributed by atoms with E-state index in [0.29, 0.717) is 6.04 Å². The van der Waals surface area contributed by atoms with Crippen molar-refractivity contribution >= 4 is 0 Å². The summed E-state index contributed by atoms with van der Waals surface area (Å²) in [6.45, 7) is 4.54. The van der Waals surface area contributed by atoms with Crippen LogP contribution in [0.4, 0.5) is 0 Å². The Kier molecular flexibility index (Phi) is 19.0. The van der Waals surface area contributed by atoms with Gasteiger partial charge in [0.1, 0.15) is 0 Å². The monoisotopic (exact) mass is 311 g/mol. The van der Waals surface area contributed by atoms with Gasteiger partial charge >= 0.3 is 0 Å². The fourth-order valence-electron chi connectivity index (χ4n) is 3.21. The molecule has 22 heavy (non-hydrogen) atoms. The van der Waals surface area contributed by atoms with E-state index < -0.39 is 0 Å². The van der Waals surface area contributed by atoms with Gasteiger partial charge in [-0.1, -0.05) is 117 Å². The van der Waals surface area contributed by atoms with E-state index in [1.807, 2.05) is 0 Å². The van der Waals surface area contributed by atoms with Crippen LogP contribution < -0.4 is 5.73 Å². The van der Waals surface area contributed by atoms with Crippen molar-refractivity contribution < 1.29 is 0 Å². The van der Waals surface area contributed by atoms with E-state index in [9.17, 15) is 0 Å². The molecule has 0 aliphatic heterocycles. The average Bonchev–Trinajstić information content (AvgIpc) is 2.53. The van der Waals surface area contributed by atoms with Crippen molar-refractivity contribution in [2.45, 2.75) is 135 Å². The predicted molar refractivity (Wildman–Crippen MR) is 102 cm³/mol. The van der Waals surface area contributed by atoms with Crippen LogP contribution in [0.25, 0.3) is 0 Å². The van der Waals surface area contributed by atoms with Gasteiger partial charge in [0.15, 0.2) is 0 Å². The fourth-order valence-corrected chi connectivity index (χ4v) is 3.21. The summed E-state index contributed by atoms with van der Waals surface area (Å²) in [5, 5.41) is 0. The molecule has 0 fully saturated rings. The van der Waals surface area contributed by atoms with Crippen LogP contribution >= 0.6 is 0 Å². The molecule has 0 rings (SSSR count). The van der Waals surface area contributed by atoms with Crippen molar-refractivity contribution in [2.24, 2.45) is 5.73 Å². The first kappa shape index (κ1) is 22.0. The van der Waals surface area contributed by atoms with Gasteiger partial charge in [-0.3, -0.25) is 0 Å². The molecule has 0 aromatic carbocycles. The summed E-state index contributed by atoms with van der Waals surface area (Å²) in [5.74, 6) is 0. The molecular formula is C21H45N. The Morgan fingerprint density at radius 3 is 1.18 bits per heavy atom. The molecule has 134 valence electrons. The molecule has 0 radical (unpaired) electrons. The Balaban J connectivity index is 3.02. The Bertz CT molecular complexity index is 190. The second-order valence-electron chi connectivity index (χ2n) is 7.29. The summed E-state index contributed by atoms with van der Waals surface area (Å²) in [4.78, 5) is 0. The van der Waals surface area contributed by atoms with E-state index in [0.717, 1.165) is 0 Å². The molecule has 1 atom stereocenters. The summed E-state index contributed by atoms with van der Waals surface area (Å²) < 4.78 is 0. The van der Waals surface area contributed by atoms with Gasteiger partial charge in [-0.15, -0.1) is 0 Å². The van der Waals surface area contributed by atoms with Crippen molar-refractivity contribution in [3.8, 4) is 0 Å². The topological polar surface area (TPSA) is 26.0 Å². The SMILES string of the molecule is CCCCCCCCCCCCCCCCC(N)CCCC. The fraction of sp³-hybridized carbons (Fsp3) is 1.00. The minimum Gasteiger partial charge on any atom is -0.328 e. The van der Waals surface area contributed by atoms with Crippen molar-refractivity contribution in [1.82, 2.24) is 0 Å². The molecule has 0 saturated heterocycles. The molecule has 0 spiro atoms. The van der Waals surface area contributed by atoms with Crippen LogP contribution in [0, 0.1) is 0 Å². The summed E-state index contributed by atoms with van der Waals surface area (Å²) in [5.41, 5.74) is 6.11. The van der Waals surface area contributed by atoms with Gasteiger partial charge in [-0.25, -0.2) is 0 Å². The van der Waals surface area contributed by atoms with Gasteiger partial charge < -0.3 is 5.73 Å². The first-order chi connectivity index (χ1) is 10.8. The molecular weight excluding hydrogens is 266 g/mol. The van der Waals surface area contributed by atoms with Crippen LogP contribution in [0.3, 0.4) is 0 Å². The first-order valence-electron chi connectivity index (χ1n) is 10.6. The smallest absolute Gasteiger partial charge is 0.00388 e. The van der Waals surface area contributed by atoms with Gasteiger partial charge in [0, 0.05) is 6.04 Å². The third-order valence-electron chi connectivity index (χ3n) is 4.86. The second-order valence-corrected chi connectivity index (χ2v) is 7.29. The number of hydrogen-bond donors (Lipinski definition) is 1. The predicted octanol–water partition coefficient (Wildman–Crippen LogP) is 7.38. The van der Waals surface area contributed by atoms with Gasteiger partial charge in [0.05, 0.1) is 0 Å². The lowest BCUT2D eigenvalue weighted by Gasteiger charge is -2.10. The highest BCUT2D eigenvalue weighted by atomic mass is 14.6. The van der Waals surface area contributed by atoms with E-state index >= 15 is 0 Å². The number of unbranched alkanes of at least 4 members (excludes halogenated alkanes) is 14.